The van der Waals surface area contributed by atoms with Crippen molar-refractivity contribution in [3.63, 3.8) is 0 Å². The summed E-state index contributed by atoms with van der Waals surface area (Å²) in [7, 11) is 0. The predicted octanol–water partition coefficient (Wildman–Crippen LogP) is 3.01. The summed E-state index contributed by atoms with van der Waals surface area (Å²) < 4.78 is 0. The molecular formula is C16H13ClN2O2. The van der Waals surface area contributed by atoms with Crippen LogP contribution in [0.25, 0.3) is 0 Å². The highest BCUT2D eigenvalue weighted by molar-refractivity contribution is 6.38. The molecule has 1 atom stereocenters. The topological polar surface area (TPSA) is 72.2 Å². The van der Waals surface area contributed by atoms with Crippen LogP contribution in [0.1, 0.15) is 22.8 Å². The zero-order chi connectivity index (χ0) is 15.2. The summed E-state index contributed by atoms with van der Waals surface area (Å²) in [6.07, 6.45) is 0. The molecule has 0 fully saturated rings. The van der Waals surface area contributed by atoms with Crippen molar-refractivity contribution < 1.29 is 9.59 Å². The van der Waals surface area contributed by atoms with Crippen LogP contribution in [0.5, 0.6) is 0 Å². The predicted molar refractivity (Wildman–Crippen MR) is 82.6 cm³/mol. The summed E-state index contributed by atoms with van der Waals surface area (Å²) in [5.41, 5.74) is 6.31. The van der Waals surface area contributed by atoms with Crippen molar-refractivity contribution in [1.82, 2.24) is 0 Å². The highest BCUT2D eigenvalue weighted by Gasteiger charge is 2.47. The van der Waals surface area contributed by atoms with Gasteiger partial charge in [-0.1, -0.05) is 29.8 Å². The fourth-order valence-corrected chi connectivity index (χ4v) is 2.80. The first-order chi connectivity index (χ1) is 9.94. The minimum Gasteiger partial charge on any atom is -0.399 e. The van der Waals surface area contributed by atoms with Crippen LogP contribution in [0.4, 0.5) is 11.4 Å². The molecule has 2 aromatic carbocycles. The van der Waals surface area contributed by atoms with Crippen molar-refractivity contribution >= 4 is 34.7 Å². The van der Waals surface area contributed by atoms with Gasteiger partial charge in [-0.05, 0) is 36.8 Å². The summed E-state index contributed by atoms with van der Waals surface area (Å²) in [6, 6.07) is 11.7. The second-order valence-corrected chi connectivity index (χ2v) is 5.60. The van der Waals surface area contributed by atoms with Gasteiger partial charge in [0.1, 0.15) is 5.41 Å². The number of hydrogen-bond acceptors (Lipinski definition) is 3. The zero-order valence-electron chi connectivity index (χ0n) is 11.3. The maximum absolute atomic E-state index is 12.9. The summed E-state index contributed by atoms with van der Waals surface area (Å²) >= 11 is 6.13. The lowest BCUT2D eigenvalue weighted by Crippen LogP contribution is -2.48. The fraction of sp³-hybridized carbons (Fsp3) is 0.125. The Balaban J connectivity index is 2.20. The molecule has 1 unspecified atom stereocenters. The minimum absolute atomic E-state index is 0.309. The molecule has 3 rings (SSSR count). The first kappa shape index (κ1) is 13.6. The van der Waals surface area contributed by atoms with Gasteiger partial charge in [0, 0.05) is 5.69 Å². The normalized spacial score (nSPS) is 20.9. The molecule has 4 nitrogen and oxygen atoms in total. The summed E-state index contributed by atoms with van der Waals surface area (Å²) in [6.45, 7) is 1.60. The van der Waals surface area contributed by atoms with Crippen molar-refractivity contribution in [2.24, 2.45) is 0 Å². The summed E-state index contributed by atoms with van der Waals surface area (Å²) in [4.78, 5) is 25.4. The molecule has 21 heavy (non-hydrogen) atoms. The Kier molecular flexibility index (Phi) is 2.99. The molecule has 5 heteroatoms. The van der Waals surface area contributed by atoms with Gasteiger partial charge < -0.3 is 11.1 Å². The van der Waals surface area contributed by atoms with Gasteiger partial charge in [0.25, 0.3) is 0 Å². The second-order valence-electron chi connectivity index (χ2n) is 5.19. The lowest BCUT2D eigenvalue weighted by atomic mass is 9.73. The lowest BCUT2D eigenvalue weighted by Gasteiger charge is -2.33. The quantitative estimate of drug-likeness (QED) is 0.628. The van der Waals surface area contributed by atoms with E-state index in [2.05, 4.69) is 5.32 Å². The number of nitrogens with two attached hydrogens (primary N) is 1. The Hall–Kier alpha value is -2.33. The number of carbonyl (C=O) groups is 2. The zero-order valence-corrected chi connectivity index (χ0v) is 12.1. The number of nitrogens with one attached hydrogen (secondary N) is 1. The fourth-order valence-electron chi connectivity index (χ4n) is 2.54. The third kappa shape index (κ3) is 1.91. The molecule has 1 heterocycles. The van der Waals surface area contributed by atoms with Crippen LogP contribution in [0.3, 0.4) is 0 Å². The van der Waals surface area contributed by atoms with Crippen LogP contribution in [-0.2, 0) is 10.2 Å². The van der Waals surface area contributed by atoms with Crippen LogP contribution in [0, 0.1) is 0 Å². The number of halogens is 1. The van der Waals surface area contributed by atoms with Crippen LogP contribution in [0.15, 0.2) is 42.5 Å². The van der Waals surface area contributed by atoms with E-state index in [1.54, 1.807) is 49.4 Å². The van der Waals surface area contributed by atoms with E-state index < -0.39 is 5.41 Å². The van der Waals surface area contributed by atoms with Gasteiger partial charge in [-0.3, -0.25) is 9.59 Å². The van der Waals surface area contributed by atoms with Gasteiger partial charge in [0.15, 0.2) is 5.78 Å². The number of rotatable bonds is 1. The third-order valence-electron chi connectivity index (χ3n) is 3.89. The molecule has 0 radical (unpaired) electrons. The molecule has 0 spiro atoms. The van der Waals surface area contributed by atoms with E-state index in [4.69, 9.17) is 17.3 Å². The molecular weight excluding hydrogens is 288 g/mol. The number of fused-ring (bicyclic) bond motifs is 1. The van der Waals surface area contributed by atoms with Crippen molar-refractivity contribution in [3.05, 3.63) is 58.6 Å². The lowest BCUT2D eigenvalue weighted by molar-refractivity contribution is -0.119. The van der Waals surface area contributed by atoms with Gasteiger partial charge in [-0.15, -0.1) is 0 Å². The van der Waals surface area contributed by atoms with Crippen molar-refractivity contribution in [3.8, 4) is 0 Å². The minimum atomic E-state index is -1.31. The van der Waals surface area contributed by atoms with Gasteiger partial charge >= 0.3 is 0 Å². The van der Waals surface area contributed by atoms with E-state index in [-0.39, 0.29) is 11.7 Å². The second kappa shape index (κ2) is 4.60. The number of amides is 1. The van der Waals surface area contributed by atoms with Gasteiger partial charge in [-0.25, -0.2) is 0 Å². The molecule has 1 amide bonds. The number of benzene rings is 2. The first-order valence-corrected chi connectivity index (χ1v) is 6.83. The van der Waals surface area contributed by atoms with Gasteiger partial charge in [-0.2, -0.15) is 0 Å². The number of carbonyl (C=O) groups excluding carboxylic acids is 2. The molecule has 0 aliphatic carbocycles. The Morgan fingerprint density at radius 3 is 2.43 bits per heavy atom. The van der Waals surface area contributed by atoms with E-state index in [0.717, 1.165) is 0 Å². The Bertz CT molecular complexity index is 755. The van der Waals surface area contributed by atoms with E-state index >= 15 is 0 Å². The van der Waals surface area contributed by atoms with E-state index in [1.807, 2.05) is 0 Å². The maximum Gasteiger partial charge on any atom is 0.242 e. The van der Waals surface area contributed by atoms with E-state index in [0.29, 0.717) is 27.5 Å². The van der Waals surface area contributed by atoms with Gasteiger partial charge in [0.05, 0.1) is 16.3 Å². The molecule has 2 aromatic rings. The molecule has 1 aliphatic heterocycles. The smallest absolute Gasteiger partial charge is 0.242 e. The van der Waals surface area contributed by atoms with Crippen LogP contribution >= 0.6 is 11.6 Å². The molecule has 3 N–H and O–H groups in total. The highest BCUT2D eigenvalue weighted by Crippen LogP contribution is 2.39. The number of Topliss-reactive ketones (excluding diaryl/α,β-unsaturated/α-hetero) is 1. The molecule has 0 saturated carbocycles. The molecule has 0 aromatic heterocycles. The Morgan fingerprint density at radius 2 is 1.76 bits per heavy atom. The van der Waals surface area contributed by atoms with Gasteiger partial charge in [0.2, 0.25) is 5.91 Å². The SMILES string of the molecule is CC1(c2ccc(N)cc2)C(=O)Nc2cccc(Cl)c2C1=O. The standard InChI is InChI=1S/C16H13ClN2O2/c1-16(9-5-7-10(18)8-6-9)14(20)13-11(17)3-2-4-12(13)19-15(16)21/h2-8H,18H2,1H3,(H,19,21). The van der Waals surface area contributed by atoms with Crippen LogP contribution in [0.2, 0.25) is 5.02 Å². The third-order valence-corrected chi connectivity index (χ3v) is 4.20. The van der Waals surface area contributed by atoms with E-state index in [9.17, 15) is 9.59 Å². The molecule has 106 valence electrons. The monoisotopic (exact) mass is 300 g/mol. The van der Waals surface area contributed by atoms with Crippen molar-refractivity contribution in [1.29, 1.82) is 0 Å². The average molecular weight is 301 g/mol. The van der Waals surface area contributed by atoms with Crippen molar-refractivity contribution in [2.75, 3.05) is 11.1 Å². The molecule has 0 saturated heterocycles. The number of nitrogen functional groups attached to an aromatic ring is 1. The Morgan fingerprint density at radius 1 is 1.10 bits per heavy atom. The van der Waals surface area contributed by atoms with Crippen molar-refractivity contribution in [2.45, 2.75) is 12.3 Å². The largest absolute Gasteiger partial charge is 0.399 e. The van der Waals surface area contributed by atoms with Crippen LogP contribution < -0.4 is 11.1 Å². The number of anilines is 2. The summed E-state index contributed by atoms with van der Waals surface area (Å²) in [5.74, 6) is -0.677. The number of hydrogen-bond donors (Lipinski definition) is 2. The Labute approximate surface area is 126 Å². The first-order valence-electron chi connectivity index (χ1n) is 6.45. The van der Waals surface area contributed by atoms with E-state index in [1.165, 1.54) is 0 Å². The molecule has 1 aliphatic rings. The maximum atomic E-state index is 12.9. The highest BCUT2D eigenvalue weighted by atomic mass is 35.5. The number of ketones is 1. The average Bonchev–Trinajstić information content (AvgIpc) is 2.45. The van der Waals surface area contributed by atoms with Crippen LogP contribution in [-0.4, -0.2) is 11.7 Å². The summed E-state index contributed by atoms with van der Waals surface area (Å²) in [5, 5.41) is 3.09. The molecule has 0 bridgehead atoms.